The largest absolute Gasteiger partial charge is 0.388 e. The number of amides is 1. The summed E-state index contributed by atoms with van der Waals surface area (Å²) in [4.78, 5) is 14.2. The maximum Gasteiger partial charge on any atom is 0.240 e. The molecule has 0 unspecified atom stereocenters. The van der Waals surface area contributed by atoms with Crippen LogP contribution in [0.3, 0.4) is 0 Å². The summed E-state index contributed by atoms with van der Waals surface area (Å²) in [6, 6.07) is 15.8. The molecule has 1 saturated heterocycles. The minimum atomic E-state index is -3.79. The van der Waals surface area contributed by atoms with Crippen molar-refractivity contribution in [1.29, 1.82) is 0 Å². The highest BCUT2D eigenvalue weighted by molar-refractivity contribution is 7.89. The van der Waals surface area contributed by atoms with Gasteiger partial charge >= 0.3 is 0 Å². The second kappa shape index (κ2) is 9.88. The number of nitrogens with one attached hydrogen (secondary N) is 1. The molecule has 2 aromatic rings. The van der Waals surface area contributed by atoms with Crippen molar-refractivity contribution in [3.63, 3.8) is 0 Å². The van der Waals surface area contributed by atoms with Gasteiger partial charge in [0.05, 0.1) is 17.4 Å². The number of nitrogens with zero attached hydrogens (tertiary/aromatic N) is 1. The normalized spacial score (nSPS) is 23.6. The van der Waals surface area contributed by atoms with E-state index in [-0.39, 0.29) is 23.8 Å². The van der Waals surface area contributed by atoms with E-state index in [0.29, 0.717) is 6.54 Å². The first-order valence-corrected chi connectivity index (χ1v) is 11.5. The Balaban J connectivity index is 1.55. The molecule has 1 aliphatic rings. The molecule has 4 atom stereocenters. The van der Waals surface area contributed by atoms with Gasteiger partial charge in [0.2, 0.25) is 15.9 Å². The molecular formula is C22H28N2O6S. The highest BCUT2D eigenvalue weighted by Gasteiger charge is 2.43. The van der Waals surface area contributed by atoms with Crippen molar-refractivity contribution in [2.75, 3.05) is 13.6 Å². The maximum absolute atomic E-state index is 12.5. The lowest BCUT2D eigenvalue weighted by molar-refractivity contribution is -0.134. The van der Waals surface area contributed by atoms with Crippen LogP contribution < -0.4 is 4.72 Å². The van der Waals surface area contributed by atoms with Crippen LogP contribution in [-0.2, 0) is 26.1 Å². The molecule has 0 aliphatic carbocycles. The van der Waals surface area contributed by atoms with Gasteiger partial charge in [0.25, 0.3) is 0 Å². The molecule has 1 fully saturated rings. The minimum Gasteiger partial charge on any atom is -0.388 e. The zero-order valence-corrected chi connectivity index (χ0v) is 18.3. The van der Waals surface area contributed by atoms with E-state index >= 15 is 0 Å². The Bertz CT molecular complexity index is 981. The lowest BCUT2D eigenvalue weighted by Crippen LogP contribution is -2.40. The van der Waals surface area contributed by atoms with Crippen molar-refractivity contribution < 1.29 is 28.2 Å². The van der Waals surface area contributed by atoms with Crippen molar-refractivity contribution >= 4 is 15.9 Å². The van der Waals surface area contributed by atoms with Crippen molar-refractivity contribution in [3.8, 4) is 0 Å². The summed E-state index contributed by atoms with van der Waals surface area (Å²) in [6.07, 6.45) is -4.61. The third-order valence-corrected chi connectivity index (χ3v) is 6.77. The fourth-order valence-electron chi connectivity index (χ4n) is 3.43. The number of rotatable bonds is 8. The number of ether oxygens (including phenoxy) is 1. The molecule has 0 spiro atoms. The van der Waals surface area contributed by atoms with Gasteiger partial charge in [0.1, 0.15) is 18.3 Å². The minimum absolute atomic E-state index is 0.0976. The van der Waals surface area contributed by atoms with Gasteiger partial charge in [-0.05, 0) is 24.6 Å². The van der Waals surface area contributed by atoms with E-state index in [2.05, 4.69) is 4.72 Å². The smallest absolute Gasteiger partial charge is 0.240 e. The van der Waals surface area contributed by atoms with E-state index in [0.717, 1.165) is 11.1 Å². The Labute approximate surface area is 182 Å². The van der Waals surface area contributed by atoms with E-state index in [4.69, 9.17) is 4.74 Å². The van der Waals surface area contributed by atoms with Crippen LogP contribution in [0, 0.1) is 6.92 Å². The monoisotopic (exact) mass is 448 g/mol. The van der Waals surface area contributed by atoms with Gasteiger partial charge in [-0.2, -0.15) is 0 Å². The molecule has 1 aliphatic heterocycles. The first-order chi connectivity index (χ1) is 14.7. The lowest BCUT2D eigenvalue weighted by atomic mass is 10.1. The Morgan fingerprint density at radius 3 is 2.29 bits per heavy atom. The summed E-state index contributed by atoms with van der Waals surface area (Å²) in [6.45, 7) is 2.04. The fraction of sp³-hybridized carbons (Fsp3) is 0.409. The Morgan fingerprint density at radius 1 is 1.03 bits per heavy atom. The summed E-state index contributed by atoms with van der Waals surface area (Å²) in [5.74, 6) is -0.249. The van der Waals surface area contributed by atoms with E-state index in [1.54, 1.807) is 19.2 Å². The number of hydrogen-bond donors (Lipinski definition) is 3. The number of carbonyl (C=O) groups excluding carboxylic acids is 1. The zero-order chi connectivity index (χ0) is 22.6. The summed E-state index contributed by atoms with van der Waals surface area (Å²) in [5, 5.41) is 20.6. The number of sulfonamides is 1. The molecule has 0 saturated carbocycles. The highest BCUT2D eigenvalue weighted by Crippen LogP contribution is 2.24. The van der Waals surface area contributed by atoms with Crippen molar-refractivity contribution in [2.24, 2.45) is 0 Å². The Kier molecular flexibility index (Phi) is 7.45. The van der Waals surface area contributed by atoms with Crippen molar-refractivity contribution in [3.05, 3.63) is 65.7 Å². The Hall–Kier alpha value is -2.30. The van der Waals surface area contributed by atoms with Crippen LogP contribution in [0.1, 0.15) is 17.5 Å². The summed E-state index contributed by atoms with van der Waals surface area (Å²) >= 11 is 0. The summed E-state index contributed by atoms with van der Waals surface area (Å²) < 4.78 is 32.9. The standard InChI is InChI=1S/C22H28N2O6S/c1-15-8-10-17(11-9-15)31(28,29)23-13-19-22(27)21(26)18(30-19)12-20(25)24(2)14-16-6-4-3-5-7-16/h3-11,18-19,21-23,26-27H,12-14H2,1-2H3/t18-,19+,21-,22+/m0/s1. The van der Waals surface area contributed by atoms with Crippen LogP contribution >= 0.6 is 0 Å². The van der Waals surface area contributed by atoms with Crippen LogP contribution in [0.4, 0.5) is 0 Å². The molecule has 2 aromatic carbocycles. The number of aryl methyl sites for hydroxylation is 1. The molecule has 0 aromatic heterocycles. The van der Waals surface area contributed by atoms with E-state index in [1.807, 2.05) is 37.3 Å². The topological polar surface area (TPSA) is 116 Å². The number of aliphatic hydroxyl groups is 2. The predicted molar refractivity (Wildman–Crippen MR) is 115 cm³/mol. The predicted octanol–water partition coefficient (Wildman–Crippen LogP) is 0.811. The summed E-state index contributed by atoms with van der Waals surface area (Å²) in [7, 11) is -2.14. The van der Waals surface area contributed by atoms with Crippen LogP contribution in [-0.4, -0.2) is 67.4 Å². The van der Waals surface area contributed by atoms with Gasteiger partial charge in [-0.3, -0.25) is 4.79 Å². The third-order valence-electron chi connectivity index (χ3n) is 5.33. The van der Waals surface area contributed by atoms with E-state index in [9.17, 15) is 23.4 Å². The van der Waals surface area contributed by atoms with Gasteiger partial charge in [-0.1, -0.05) is 48.0 Å². The first-order valence-electron chi connectivity index (χ1n) is 10.0. The van der Waals surface area contributed by atoms with Crippen molar-refractivity contribution in [2.45, 2.75) is 49.2 Å². The highest BCUT2D eigenvalue weighted by atomic mass is 32.2. The van der Waals surface area contributed by atoms with Crippen LogP contribution in [0.2, 0.25) is 0 Å². The zero-order valence-electron chi connectivity index (χ0n) is 17.5. The molecule has 0 radical (unpaired) electrons. The van der Waals surface area contributed by atoms with Crippen LogP contribution in [0.25, 0.3) is 0 Å². The van der Waals surface area contributed by atoms with E-state index in [1.165, 1.54) is 17.0 Å². The first kappa shape index (κ1) is 23.4. The lowest BCUT2D eigenvalue weighted by Gasteiger charge is -2.21. The SMILES string of the molecule is Cc1ccc(S(=O)(=O)NC[C@H]2O[C@@H](CC(=O)N(C)Cc3ccccc3)[C@H](O)[C@@H]2O)cc1. The van der Waals surface area contributed by atoms with Gasteiger partial charge in [0.15, 0.2) is 0 Å². The number of hydrogen-bond acceptors (Lipinski definition) is 6. The fourth-order valence-corrected chi connectivity index (χ4v) is 4.47. The average Bonchev–Trinajstić information content (AvgIpc) is 3.01. The molecular weight excluding hydrogens is 420 g/mol. The molecule has 0 bridgehead atoms. The molecule has 9 heteroatoms. The molecule has 3 N–H and O–H groups in total. The van der Waals surface area contributed by atoms with Gasteiger partial charge in [0, 0.05) is 20.1 Å². The quantitative estimate of drug-likeness (QED) is 0.550. The summed E-state index contributed by atoms with van der Waals surface area (Å²) in [5.41, 5.74) is 1.90. The second-order valence-electron chi connectivity index (χ2n) is 7.80. The third kappa shape index (κ3) is 5.90. The molecule has 3 rings (SSSR count). The molecule has 1 heterocycles. The Morgan fingerprint density at radius 2 is 1.65 bits per heavy atom. The molecule has 1 amide bonds. The van der Waals surface area contributed by atoms with Crippen LogP contribution in [0.15, 0.2) is 59.5 Å². The van der Waals surface area contributed by atoms with Crippen LogP contribution in [0.5, 0.6) is 0 Å². The average molecular weight is 449 g/mol. The van der Waals surface area contributed by atoms with Crippen molar-refractivity contribution in [1.82, 2.24) is 9.62 Å². The molecule has 8 nitrogen and oxygen atoms in total. The number of benzene rings is 2. The van der Waals surface area contributed by atoms with E-state index < -0.39 is 34.4 Å². The molecule has 168 valence electrons. The van der Waals surface area contributed by atoms with Gasteiger partial charge in [-0.25, -0.2) is 13.1 Å². The number of carbonyl (C=O) groups is 1. The van der Waals surface area contributed by atoms with Gasteiger partial charge in [-0.15, -0.1) is 0 Å². The maximum atomic E-state index is 12.5. The number of aliphatic hydroxyl groups excluding tert-OH is 2. The molecule has 31 heavy (non-hydrogen) atoms. The second-order valence-corrected chi connectivity index (χ2v) is 9.57. The van der Waals surface area contributed by atoms with Gasteiger partial charge < -0.3 is 19.8 Å².